The molecule has 27 heavy (non-hydrogen) atoms. The number of nitrogens with one attached hydrogen (secondary N) is 1. The Balaban J connectivity index is 1.90. The first-order valence-electron chi connectivity index (χ1n) is 8.76. The second kappa shape index (κ2) is 9.56. The molecule has 9 nitrogen and oxygen atoms in total. The number of aliphatic hydroxyl groups excluding tert-OH is 1. The van der Waals surface area contributed by atoms with Crippen molar-refractivity contribution in [2.75, 3.05) is 40.5 Å². The Kier molecular flexibility index (Phi) is 7.94. The van der Waals surface area contributed by atoms with E-state index in [2.05, 4.69) is 9.88 Å². The number of H-pyrrole nitrogens is 1. The molecule has 0 spiro atoms. The molecule has 11 heteroatoms. The Bertz CT molecular complexity index is 795. The topological polar surface area (TPSA) is 106 Å². The van der Waals surface area contributed by atoms with Crippen molar-refractivity contribution in [3.8, 4) is 0 Å². The molecule has 0 bridgehead atoms. The maximum Gasteiger partial charge on any atom is 0.330 e. The largest absolute Gasteiger partial charge is 0.390 e. The van der Waals surface area contributed by atoms with Crippen LogP contribution >= 0.6 is 6.49 Å². The molecule has 4 atom stereocenters. The van der Waals surface area contributed by atoms with Gasteiger partial charge in [0.1, 0.15) is 12.3 Å². The van der Waals surface area contributed by atoms with E-state index < -0.39 is 36.2 Å². The molecule has 0 aromatic carbocycles. The predicted molar refractivity (Wildman–Crippen MR) is 106 cm³/mol. The minimum Gasteiger partial charge on any atom is -0.390 e. The zero-order chi connectivity index (χ0) is 20.2. The van der Waals surface area contributed by atoms with Gasteiger partial charge in [0.2, 0.25) is 0 Å². The molecule has 0 radical (unpaired) electrons. The SMILES string of the molecule is Cc1cn([C@H]2CC(O)[C@@H](COP(C)(=S)OCCCN(C)C)O2)c(=O)[nH]c1=O. The van der Waals surface area contributed by atoms with Crippen LogP contribution in [0.15, 0.2) is 15.8 Å². The van der Waals surface area contributed by atoms with Crippen molar-refractivity contribution >= 4 is 18.3 Å². The third-order valence-electron chi connectivity index (χ3n) is 4.21. The summed E-state index contributed by atoms with van der Waals surface area (Å²) in [5.74, 6) is 0. The third kappa shape index (κ3) is 6.60. The zero-order valence-electron chi connectivity index (χ0n) is 16.1. The number of hydrogen-bond acceptors (Lipinski definition) is 8. The number of aromatic amines is 1. The molecule has 2 unspecified atom stereocenters. The summed E-state index contributed by atoms with van der Waals surface area (Å²) in [5.41, 5.74) is -0.621. The first-order chi connectivity index (χ1) is 12.6. The summed E-state index contributed by atoms with van der Waals surface area (Å²) in [5, 5.41) is 10.2. The highest BCUT2D eigenvalue weighted by atomic mass is 32.5. The van der Waals surface area contributed by atoms with E-state index >= 15 is 0 Å². The minimum atomic E-state index is -2.44. The molecule has 1 aromatic rings. The van der Waals surface area contributed by atoms with E-state index in [1.807, 2.05) is 14.1 Å². The van der Waals surface area contributed by atoms with Crippen molar-refractivity contribution in [1.29, 1.82) is 0 Å². The van der Waals surface area contributed by atoms with E-state index in [1.54, 1.807) is 13.6 Å². The van der Waals surface area contributed by atoms with Gasteiger partial charge in [0.25, 0.3) is 5.56 Å². The molecule has 0 amide bonds. The second-order valence-corrected chi connectivity index (χ2v) is 11.0. The van der Waals surface area contributed by atoms with Gasteiger partial charge in [0.05, 0.1) is 19.3 Å². The molecular weight excluding hydrogens is 393 g/mol. The van der Waals surface area contributed by atoms with Crippen molar-refractivity contribution in [1.82, 2.24) is 14.5 Å². The highest BCUT2D eigenvalue weighted by Gasteiger charge is 2.36. The number of aliphatic hydroxyl groups is 1. The Labute approximate surface area is 163 Å². The van der Waals surface area contributed by atoms with Crippen LogP contribution in [0.5, 0.6) is 0 Å². The molecule has 0 aliphatic carbocycles. The fourth-order valence-corrected chi connectivity index (χ4v) is 4.05. The molecule has 1 aliphatic heterocycles. The Morgan fingerprint density at radius 1 is 1.44 bits per heavy atom. The van der Waals surface area contributed by atoms with Crippen molar-refractivity contribution in [2.45, 2.75) is 38.2 Å². The molecule has 1 aliphatic rings. The van der Waals surface area contributed by atoms with Gasteiger partial charge >= 0.3 is 5.69 Å². The van der Waals surface area contributed by atoms with Crippen LogP contribution in [0.2, 0.25) is 0 Å². The molecule has 0 saturated carbocycles. The van der Waals surface area contributed by atoms with Gasteiger partial charge in [-0.15, -0.1) is 0 Å². The highest BCUT2D eigenvalue weighted by Crippen LogP contribution is 2.45. The molecule has 1 saturated heterocycles. The van der Waals surface area contributed by atoms with Gasteiger partial charge in [-0.1, -0.05) is 0 Å². The molecule has 154 valence electrons. The van der Waals surface area contributed by atoms with Crippen molar-refractivity contribution < 1.29 is 18.9 Å². The normalized spacial score (nSPS) is 25.0. The van der Waals surface area contributed by atoms with E-state index in [0.29, 0.717) is 12.2 Å². The van der Waals surface area contributed by atoms with Gasteiger partial charge in [0.15, 0.2) is 6.49 Å². The lowest BCUT2D eigenvalue weighted by Gasteiger charge is -2.22. The van der Waals surface area contributed by atoms with Gasteiger partial charge in [-0.3, -0.25) is 14.3 Å². The number of ether oxygens (including phenoxy) is 1. The summed E-state index contributed by atoms with van der Waals surface area (Å²) in [6.45, 7) is 2.39. The van der Waals surface area contributed by atoms with E-state index in [4.69, 9.17) is 25.6 Å². The first kappa shape index (κ1) is 22.4. The standard InChI is InChI=1S/C16H28N3O6PS/c1-11-9-19(16(22)17-15(11)21)14-8-12(20)13(25-14)10-24-26(4,27)23-7-5-6-18(2)3/h9,12-14,20H,5-8,10H2,1-4H3,(H,17,21,22)/t12?,13-,14-,26?/m1/s1. The molecular formula is C16H28N3O6PS. The number of hydrogen-bond donors (Lipinski definition) is 2. The van der Waals surface area contributed by atoms with Gasteiger partial charge in [-0.25, -0.2) is 4.79 Å². The lowest BCUT2D eigenvalue weighted by Crippen LogP contribution is -2.33. The second-order valence-electron chi connectivity index (χ2n) is 6.97. The highest BCUT2D eigenvalue weighted by molar-refractivity contribution is 8.09. The molecule has 2 rings (SSSR count). The summed E-state index contributed by atoms with van der Waals surface area (Å²) in [6, 6.07) is 0. The summed E-state index contributed by atoms with van der Waals surface area (Å²) in [7, 11) is 3.98. The molecule has 1 aromatic heterocycles. The van der Waals surface area contributed by atoms with E-state index in [0.717, 1.165) is 13.0 Å². The van der Waals surface area contributed by atoms with E-state index in [9.17, 15) is 14.7 Å². The van der Waals surface area contributed by atoms with Crippen LogP contribution in [0.25, 0.3) is 0 Å². The monoisotopic (exact) mass is 421 g/mol. The molecule has 1 fully saturated rings. The van der Waals surface area contributed by atoms with Crippen LogP contribution in [-0.4, -0.2) is 72.3 Å². The molecule has 2 N–H and O–H groups in total. The number of nitrogens with zero attached hydrogens (tertiary/aromatic N) is 2. The summed E-state index contributed by atoms with van der Waals surface area (Å²) < 4.78 is 18.4. The third-order valence-corrected chi connectivity index (χ3v) is 6.11. The summed E-state index contributed by atoms with van der Waals surface area (Å²) in [4.78, 5) is 27.8. The summed E-state index contributed by atoms with van der Waals surface area (Å²) >= 11 is 5.39. The maximum absolute atomic E-state index is 12.0. The Morgan fingerprint density at radius 3 is 2.81 bits per heavy atom. The lowest BCUT2D eigenvalue weighted by molar-refractivity contribution is -0.0413. The number of rotatable bonds is 9. The fraction of sp³-hybridized carbons (Fsp3) is 0.750. The first-order valence-corrected chi connectivity index (χ1v) is 11.8. The van der Waals surface area contributed by atoms with Crippen LogP contribution in [-0.2, 0) is 25.6 Å². The number of aryl methyl sites for hydroxylation is 1. The Hall–Kier alpha value is -0.870. The predicted octanol–water partition coefficient (Wildman–Crippen LogP) is 0.418. The zero-order valence-corrected chi connectivity index (χ0v) is 17.8. The van der Waals surface area contributed by atoms with Crippen LogP contribution < -0.4 is 11.2 Å². The van der Waals surface area contributed by atoms with Gasteiger partial charge in [-0.05, 0) is 45.8 Å². The van der Waals surface area contributed by atoms with E-state index in [-0.39, 0.29) is 13.0 Å². The van der Waals surface area contributed by atoms with Crippen molar-refractivity contribution in [3.05, 3.63) is 32.6 Å². The van der Waals surface area contributed by atoms with Gasteiger partial charge < -0.3 is 23.8 Å². The lowest BCUT2D eigenvalue weighted by atomic mass is 10.2. The maximum atomic E-state index is 12.0. The van der Waals surface area contributed by atoms with Crippen LogP contribution in [0.1, 0.15) is 24.6 Å². The fourth-order valence-electron chi connectivity index (χ4n) is 2.69. The minimum absolute atomic E-state index is 0.0796. The van der Waals surface area contributed by atoms with Crippen LogP contribution in [0, 0.1) is 6.92 Å². The summed E-state index contributed by atoms with van der Waals surface area (Å²) in [6.07, 6.45) is 0.393. The Morgan fingerprint density at radius 2 is 2.15 bits per heavy atom. The van der Waals surface area contributed by atoms with E-state index in [1.165, 1.54) is 10.8 Å². The average Bonchev–Trinajstić information content (AvgIpc) is 2.94. The smallest absolute Gasteiger partial charge is 0.330 e. The van der Waals surface area contributed by atoms with Crippen molar-refractivity contribution in [3.63, 3.8) is 0 Å². The van der Waals surface area contributed by atoms with Crippen molar-refractivity contribution in [2.24, 2.45) is 0 Å². The van der Waals surface area contributed by atoms with Gasteiger partial charge in [0, 0.05) is 24.8 Å². The average molecular weight is 421 g/mol. The quantitative estimate of drug-likeness (QED) is 0.437. The number of aromatic nitrogens is 2. The van der Waals surface area contributed by atoms with Crippen LogP contribution in [0.3, 0.4) is 0 Å². The van der Waals surface area contributed by atoms with Gasteiger partial charge in [-0.2, -0.15) is 0 Å². The van der Waals surface area contributed by atoms with Crippen LogP contribution in [0.4, 0.5) is 0 Å². The molecule has 2 heterocycles.